The van der Waals surface area contributed by atoms with Crippen LogP contribution in [-0.2, 0) is 16.2 Å². The highest BCUT2D eigenvalue weighted by Gasteiger charge is 2.45. The van der Waals surface area contributed by atoms with Gasteiger partial charge in [0.1, 0.15) is 23.9 Å². The number of aromatic hydroxyl groups is 1. The van der Waals surface area contributed by atoms with Gasteiger partial charge in [0.25, 0.3) is 11.7 Å². The van der Waals surface area contributed by atoms with Gasteiger partial charge in [-0.2, -0.15) is 0 Å². The maximum absolute atomic E-state index is 13.1. The highest BCUT2D eigenvalue weighted by atomic mass is 16.5. The van der Waals surface area contributed by atoms with Crippen molar-refractivity contribution in [3.8, 4) is 11.5 Å². The largest absolute Gasteiger partial charge is 0.508 e. The topological polar surface area (TPSA) is 90.3 Å². The van der Waals surface area contributed by atoms with E-state index in [1.165, 1.54) is 17.0 Å². The molecule has 0 unspecified atom stereocenters. The molecule has 1 aliphatic rings. The van der Waals surface area contributed by atoms with Crippen molar-refractivity contribution in [3.05, 3.63) is 101 Å². The fourth-order valence-electron chi connectivity index (χ4n) is 4.54. The number of hydrogen-bond donors (Lipinski definition) is 2. The molecule has 7 heteroatoms. The van der Waals surface area contributed by atoms with Crippen LogP contribution in [0.1, 0.15) is 34.7 Å². The number of hydrogen-bond acceptors (Lipinski definition) is 6. The molecule has 0 aliphatic carbocycles. The van der Waals surface area contributed by atoms with E-state index < -0.39 is 17.7 Å². The van der Waals surface area contributed by atoms with Crippen molar-refractivity contribution in [1.29, 1.82) is 0 Å². The molecule has 1 saturated heterocycles. The first-order valence-electron chi connectivity index (χ1n) is 12.3. The number of phenolic OH excluding ortho intramolecular Hbond substituents is 1. The molecule has 37 heavy (non-hydrogen) atoms. The molecule has 7 nitrogen and oxygen atoms in total. The maximum Gasteiger partial charge on any atom is 0.295 e. The molecule has 1 amide bonds. The average Bonchev–Trinajstić information content (AvgIpc) is 3.12. The van der Waals surface area contributed by atoms with Crippen molar-refractivity contribution >= 4 is 17.4 Å². The molecule has 1 fully saturated rings. The third kappa shape index (κ3) is 6.01. The number of carbonyl (C=O) groups is 2. The van der Waals surface area contributed by atoms with Crippen molar-refractivity contribution in [2.24, 2.45) is 0 Å². The van der Waals surface area contributed by atoms with E-state index in [0.717, 1.165) is 17.7 Å². The monoisotopic (exact) mass is 500 g/mol. The summed E-state index contributed by atoms with van der Waals surface area (Å²) < 4.78 is 5.87. The predicted molar refractivity (Wildman–Crippen MR) is 142 cm³/mol. The van der Waals surface area contributed by atoms with Gasteiger partial charge in [0.15, 0.2) is 0 Å². The molecule has 4 rings (SSSR count). The lowest BCUT2D eigenvalue weighted by Crippen LogP contribution is -2.32. The summed E-state index contributed by atoms with van der Waals surface area (Å²) in [7, 11) is 3.88. The Kier molecular flexibility index (Phi) is 7.94. The molecule has 0 aromatic heterocycles. The zero-order chi connectivity index (χ0) is 26.5. The van der Waals surface area contributed by atoms with Crippen LogP contribution in [0.15, 0.2) is 78.4 Å². The van der Waals surface area contributed by atoms with E-state index in [0.29, 0.717) is 36.4 Å². The number of ketones is 1. The Morgan fingerprint density at radius 3 is 2.41 bits per heavy atom. The number of amides is 1. The number of phenols is 1. The molecule has 1 aliphatic heterocycles. The molecule has 0 bridgehead atoms. The van der Waals surface area contributed by atoms with E-state index in [4.69, 9.17) is 4.74 Å². The highest BCUT2D eigenvalue weighted by Crippen LogP contribution is 2.40. The van der Waals surface area contributed by atoms with Gasteiger partial charge in [-0.1, -0.05) is 42.0 Å². The molecule has 1 atom stereocenters. The fraction of sp³-hybridized carbons (Fsp3) is 0.267. The summed E-state index contributed by atoms with van der Waals surface area (Å²) >= 11 is 0. The zero-order valence-corrected chi connectivity index (χ0v) is 21.3. The summed E-state index contributed by atoms with van der Waals surface area (Å²) in [6, 6.07) is 20.5. The van der Waals surface area contributed by atoms with E-state index >= 15 is 0 Å². The van der Waals surface area contributed by atoms with E-state index in [-0.39, 0.29) is 17.1 Å². The van der Waals surface area contributed by atoms with Crippen molar-refractivity contribution in [1.82, 2.24) is 9.80 Å². The number of nitrogens with zero attached hydrogens (tertiary/aromatic N) is 2. The van der Waals surface area contributed by atoms with Crippen molar-refractivity contribution in [2.45, 2.75) is 26.0 Å². The van der Waals surface area contributed by atoms with Crippen LogP contribution in [0.25, 0.3) is 5.76 Å². The SMILES string of the molecule is Cc1cccc(COc2ccc(/C(O)=C3\C(=O)C(=O)N(CCCN(C)C)[C@H]3c3cccc(O)c3)cc2)c1. The minimum Gasteiger partial charge on any atom is -0.508 e. The van der Waals surface area contributed by atoms with Crippen LogP contribution < -0.4 is 4.74 Å². The first kappa shape index (κ1) is 26.0. The Balaban J connectivity index is 1.63. The Morgan fingerprint density at radius 2 is 1.73 bits per heavy atom. The Labute approximate surface area is 217 Å². The summed E-state index contributed by atoms with van der Waals surface area (Å²) in [5.41, 5.74) is 3.17. The number of rotatable bonds is 9. The van der Waals surface area contributed by atoms with Crippen LogP contribution in [0.2, 0.25) is 0 Å². The number of aliphatic hydroxyl groups excluding tert-OH is 1. The summed E-state index contributed by atoms with van der Waals surface area (Å²) in [4.78, 5) is 29.7. The van der Waals surface area contributed by atoms with Gasteiger partial charge in [0.2, 0.25) is 0 Å². The molecule has 3 aromatic rings. The van der Waals surface area contributed by atoms with Crippen LogP contribution >= 0.6 is 0 Å². The lowest BCUT2D eigenvalue weighted by molar-refractivity contribution is -0.139. The van der Waals surface area contributed by atoms with Gasteiger partial charge in [-0.15, -0.1) is 0 Å². The highest BCUT2D eigenvalue weighted by molar-refractivity contribution is 6.46. The molecule has 192 valence electrons. The van der Waals surface area contributed by atoms with Crippen molar-refractivity contribution < 1.29 is 24.5 Å². The zero-order valence-electron chi connectivity index (χ0n) is 21.3. The minimum atomic E-state index is -0.800. The second kappa shape index (κ2) is 11.3. The quantitative estimate of drug-likeness (QED) is 0.253. The van der Waals surface area contributed by atoms with Gasteiger partial charge in [-0.3, -0.25) is 9.59 Å². The van der Waals surface area contributed by atoms with E-state index in [9.17, 15) is 19.8 Å². The van der Waals surface area contributed by atoms with Crippen LogP contribution in [0.4, 0.5) is 0 Å². The molecule has 3 aromatic carbocycles. The van der Waals surface area contributed by atoms with Gasteiger partial charge in [-0.25, -0.2) is 0 Å². The lowest BCUT2D eigenvalue weighted by Gasteiger charge is -2.26. The van der Waals surface area contributed by atoms with Crippen molar-refractivity contribution in [2.75, 3.05) is 27.2 Å². The predicted octanol–water partition coefficient (Wildman–Crippen LogP) is 4.65. The summed E-state index contributed by atoms with van der Waals surface area (Å²) in [5, 5.41) is 21.3. The van der Waals surface area contributed by atoms with Crippen LogP contribution in [0.5, 0.6) is 11.5 Å². The van der Waals surface area contributed by atoms with Gasteiger partial charge in [0.05, 0.1) is 11.6 Å². The first-order valence-corrected chi connectivity index (χ1v) is 12.3. The summed E-state index contributed by atoms with van der Waals surface area (Å²) in [6.07, 6.45) is 0.655. The summed E-state index contributed by atoms with van der Waals surface area (Å²) in [5.74, 6) is -1.02. The average molecular weight is 501 g/mol. The number of aryl methyl sites for hydroxylation is 1. The third-order valence-electron chi connectivity index (χ3n) is 6.35. The second-order valence-electron chi connectivity index (χ2n) is 9.55. The van der Waals surface area contributed by atoms with Crippen molar-refractivity contribution in [3.63, 3.8) is 0 Å². The smallest absolute Gasteiger partial charge is 0.295 e. The molecule has 0 radical (unpaired) electrons. The first-order chi connectivity index (χ1) is 17.7. The minimum absolute atomic E-state index is 0.00822. The van der Waals surface area contributed by atoms with E-state index in [1.807, 2.05) is 44.1 Å². The Hall–Kier alpha value is -4.10. The number of Topliss-reactive ketones (excluding diaryl/α,β-unsaturated/α-hetero) is 1. The number of aliphatic hydroxyl groups is 1. The third-order valence-corrected chi connectivity index (χ3v) is 6.35. The standard InChI is InChI=1S/C30H32N2O5/c1-20-7-4-8-21(17-20)19-37-25-13-11-22(12-14-25)28(34)26-27(23-9-5-10-24(33)18-23)32(30(36)29(26)35)16-6-15-31(2)3/h4-5,7-14,17-18,27,33-34H,6,15-16,19H2,1-3H3/b28-26+/t27-/m0/s1. The van der Waals surface area contributed by atoms with Crippen LogP contribution in [0.3, 0.4) is 0 Å². The second-order valence-corrected chi connectivity index (χ2v) is 9.55. The molecule has 0 spiro atoms. The number of carbonyl (C=O) groups excluding carboxylic acids is 2. The Bertz CT molecular complexity index is 1310. The number of benzene rings is 3. The lowest BCUT2D eigenvalue weighted by atomic mass is 9.95. The Morgan fingerprint density at radius 1 is 1.00 bits per heavy atom. The number of likely N-dealkylation sites (tertiary alicyclic amines) is 1. The molecule has 1 heterocycles. The van der Waals surface area contributed by atoms with Gasteiger partial charge in [-0.05, 0) is 81.5 Å². The molecule has 2 N–H and O–H groups in total. The van der Waals surface area contributed by atoms with Crippen LogP contribution in [-0.4, -0.2) is 58.9 Å². The van der Waals surface area contributed by atoms with Gasteiger partial charge in [0, 0.05) is 12.1 Å². The normalized spacial score (nSPS) is 17.0. The molecule has 0 saturated carbocycles. The fourth-order valence-corrected chi connectivity index (χ4v) is 4.54. The van der Waals surface area contributed by atoms with E-state index in [1.54, 1.807) is 36.4 Å². The van der Waals surface area contributed by atoms with Gasteiger partial charge >= 0.3 is 0 Å². The maximum atomic E-state index is 13.1. The molecular formula is C30H32N2O5. The van der Waals surface area contributed by atoms with E-state index in [2.05, 4.69) is 6.07 Å². The summed E-state index contributed by atoms with van der Waals surface area (Å²) in [6.45, 7) is 3.50. The van der Waals surface area contributed by atoms with Gasteiger partial charge < -0.3 is 24.7 Å². The molecular weight excluding hydrogens is 468 g/mol. The number of ether oxygens (including phenoxy) is 1. The van der Waals surface area contributed by atoms with Crippen LogP contribution in [0, 0.1) is 6.92 Å².